The van der Waals surface area contributed by atoms with E-state index in [1.54, 1.807) is 18.3 Å². The lowest BCUT2D eigenvalue weighted by atomic mass is 10.1. The van der Waals surface area contributed by atoms with Crippen LogP contribution in [0, 0.1) is 0 Å². The molecule has 1 saturated heterocycles. The molecule has 1 aliphatic heterocycles. The fourth-order valence-electron chi connectivity index (χ4n) is 3.10. The number of carbonyl (C=O) groups excluding carboxylic acids is 1. The molecule has 1 amide bonds. The normalized spacial score (nSPS) is 20.5. The predicted molar refractivity (Wildman–Crippen MR) is 99.2 cm³/mol. The van der Waals surface area contributed by atoms with Crippen LogP contribution < -0.4 is 10.9 Å². The van der Waals surface area contributed by atoms with Crippen molar-refractivity contribution in [3.8, 4) is 0 Å². The van der Waals surface area contributed by atoms with Gasteiger partial charge < -0.3 is 14.8 Å². The number of halogens is 1. The Bertz CT molecular complexity index is 833. The zero-order chi connectivity index (χ0) is 18.0. The number of hydrogen-bond donors (Lipinski definition) is 1. The highest BCUT2D eigenvalue weighted by molar-refractivity contribution is 6.31. The first-order chi connectivity index (χ1) is 12.0. The van der Waals surface area contributed by atoms with E-state index in [1.165, 1.54) is 10.6 Å². The van der Waals surface area contributed by atoms with Crippen LogP contribution in [0.2, 0.25) is 5.02 Å². The Hall–Kier alpha value is -2.11. The minimum atomic E-state index is -0.154. The largest absolute Gasteiger partial charge is 0.333 e. The quantitative estimate of drug-likeness (QED) is 0.915. The summed E-state index contributed by atoms with van der Waals surface area (Å²) in [5.41, 5.74) is 1.21. The van der Waals surface area contributed by atoms with E-state index >= 15 is 0 Å². The summed E-state index contributed by atoms with van der Waals surface area (Å²) in [4.78, 5) is 26.9. The second-order valence-electron chi connectivity index (χ2n) is 6.46. The molecular weight excluding hydrogens is 338 g/mol. The summed E-state index contributed by atoms with van der Waals surface area (Å²) in [6.45, 7) is 5.88. The molecule has 0 aliphatic carbocycles. The summed E-state index contributed by atoms with van der Waals surface area (Å²) in [7, 11) is 0. The number of rotatable bonds is 3. The molecular formula is C19H22ClN3O2. The number of pyridine rings is 1. The van der Waals surface area contributed by atoms with Crippen molar-refractivity contribution in [2.45, 2.75) is 32.5 Å². The molecule has 1 aromatic carbocycles. The van der Waals surface area contributed by atoms with E-state index in [9.17, 15) is 9.59 Å². The minimum Gasteiger partial charge on any atom is -0.333 e. The molecule has 0 saturated carbocycles. The van der Waals surface area contributed by atoms with Crippen molar-refractivity contribution >= 4 is 17.5 Å². The molecule has 0 bridgehead atoms. The Kier molecular flexibility index (Phi) is 5.25. The zero-order valence-electron chi connectivity index (χ0n) is 14.4. The number of nitrogens with zero attached hydrogens (tertiary/aromatic N) is 2. The topological polar surface area (TPSA) is 54.3 Å². The molecule has 1 aliphatic rings. The number of aromatic nitrogens is 1. The maximum atomic E-state index is 12.9. The van der Waals surface area contributed by atoms with Crippen LogP contribution in [-0.4, -0.2) is 40.5 Å². The molecule has 2 atom stereocenters. The Morgan fingerprint density at radius 2 is 2.00 bits per heavy atom. The average Bonchev–Trinajstić information content (AvgIpc) is 2.60. The summed E-state index contributed by atoms with van der Waals surface area (Å²) >= 11 is 6.19. The van der Waals surface area contributed by atoms with Crippen LogP contribution in [0.15, 0.2) is 47.4 Å². The number of piperazine rings is 1. The first kappa shape index (κ1) is 17.7. The van der Waals surface area contributed by atoms with Crippen LogP contribution in [0.1, 0.15) is 29.8 Å². The fraction of sp³-hybridized carbons (Fsp3) is 0.368. The van der Waals surface area contributed by atoms with E-state index in [0.717, 1.165) is 12.1 Å². The Labute approximate surface area is 152 Å². The maximum absolute atomic E-state index is 12.9. The Morgan fingerprint density at radius 3 is 2.76 bits per heavy atom. The van der Waals surface area contributed by atoms with Crippen molar-refractivity contribution in [2.24, 2.45) is 0 Å². The summed E-state index contributed by atoms with van der Waals surface area (Å²) in [6.07, 6.45) is 1.63. The van der Waals surface area contributed by atoms with Crippen LogP contribution in [0.3, 0.4) is 0 Å². The minimum absolute atomic E-state index is 0.0474. The van der Waals surface area contributed by atoms with Gasteiger partial charge in [-0.15, -0.1) is 0 Å². The highest BCUT2D eigenvalue weighted by Gasteiger charge is 2.28. The monoisotopic (exact) mass is 359 g/mol. The van der Waals surface area contributed by atoms with Gasteiger partial charge in [0.25, 0.3) is 11.5 Å². The number of benzene rings is 1. The number of nitrogens with one attached hydrogen (secondary N) is 1. The summed E-state index contributed by atoms with van der Waals surface area (Å²) in [5.74, 6) is -0.0474. The number of hydrogen-bond acceptors (Lipinski definition) is 3. The van der Waals surface area contributed by atoms with Gasteiger partial charge in [0.15, 0.2) is 0 Å². The van der Waals surface area contributed by atoms with E-state index in [2.05, 4.69) is 12.2 Å². The van der Waals surface area contributed by atoms with Gasteiger partial charge in [-0.1, -0.05) is 29.8 Å². The summed E-state index contributed by atoms with van der Waals surface area (Å²) < 4.78 is 1.53. The van der Waals surface area contributed by atoms with E-state index in [-0.39, 0.29) is 23.6 Å². The van der Waals surface area contributed by atoms with Crippen molar-refractivity contribution in [3.63, 3.8) is 0 Å². The van der Waals surface area contributed by atoms with Crippen molar-refractivity contribution < 1.29 is 4.79 Å². The standard InChI is InChI=1S/C19H22ClN3O2/c1-13-14(2)23(10-9-21-13)19(25)16-7-8-18(24)22(12-16)11-15-5-3-4-6-17(15)20/h3-8,12-14,21H,9-11H2,1-2H3. The van der Waals surface area contributed by atoms with Gasteiger partial charge >= 0.3 is 0 Å². The lowest BCUT2D eigenvalue weighted by Crippen LogP contribution is -2.57. The van der Waals surface area contributed by atoms with Crippen molar-refractivity contribution in [1.82, 2.24) is 14.8 Å². The smallest absolute Gasteiger partial charge is 0.255 e. The molecule has 3 rings (SSSR count). The molecule has 132 valence electrons. The average molecular weight is 360 g/mol. The van der Waals surface area contributed by atoms with Crippen LogP contribution >= 0.6 is 11.6 Å². The lowest BCUT2D eigenvalue weighted by molar-refractivity contribution is 0.0602. The van der Waals surface area contributed by atoms with E-state index in [4.69, 9.17) is 11.6 Å². The first-order valence-electron chi connectivity index (χ1n) is 8.45. The van der Waals surface area contributed by atoms with Gasteiger partial charge in [-0.05, 0) is 31.5 Å². The third-order valence-corrected chi connectivity index (χ3v) is 5.19. The summed E-state index contributed by atoms with van der Waals surface area (Å²) in [5, 5.41) is 3.97. The van der Waals surface area contributed by atoms with E-state index < -0.39 is 0 Å². The second-order valence-corrected chi connectivity index (χ2v) is 6.86. The van der Waals surface area contributed by atoms with Gasteiger partial charge in [0.05, 0.1) is 12.1 Å². The van der Waals surface area contributed by atoms with Crippen LogP contribution in [0.25, 0.3) is 0 Å². The zero-order valence-corrected chi connectivity index (χ0v) is 15.2. The van der Waals surface area contributed by atoms with Crippen LogP contribution in [0.5, 0.6) is 0 Å². The number of amides is 1. The van der Waals surface area contributed by atoms with E-state index in [0.29, 0.717) is 23.7 Å². The maximum Gasteiger partial charge on any atom is 0.255 e. The second kappa shape index (κ2) is 7.42. The Balaban J connectivity index is 1.87. The SMILES string of the molecule is CC1NCCN(C(=O)c2ccc(=O)n(Cc3ccccc3Cl)c2)C1C. The molecule has 6 heteroatoms. The molecule has 1 aromatic heterocycles. The van der Waals surface area contributed by atoms with Gasteiger partial charge in [-0.25, -0.2) is 0 Å². The third kappa shape index (κ3) is 3.78. The van der Waals surface area contributed by atoms with Crippen LogP contribution in [0.4, 0.5) is 0 Å². The lowest BCUT2D eigenvalue weighted by Gasteiger charge is -2.38. The highest BCUT2D eigenvalue weighted by Crippen LogP contribution is 2.17. The molecule has 0 spiro atoms. The molecule has 1 fully saturated rings. The predicted octanol–water partition coefficient (Wildman–Crippen LogP) is 2.37. The third-order valence-electron chi connectivity index (χ3n) is 4.82. The molecule has 0 radical (unpaired) electrons. The van der Waals surface area contributed by atoms with Gasteiger partial charge in [0.2, 0.25) is 0 Å². The highest BCUT2D eigenvalue weighted by atomic mass is 35.5. The molecule has 1 N–H and O–H groups in total. The van der Waals surface area contributed by atoms with Gasteiger partial charge in [-0.3, -0.25) is 9.59 Å². The summed E-state index contributed by atoms with van der Waals surface area (Å²) in [6, 6.07) is 10.8. The van der Waals surface area contributed by atoms with E-state index in [1.807, 2.05) is 30.0 Å². The molecule has 25 heavy (non-hydrogen) atoms. The molecule has 2 heterocycles. The molecule has 2 aromatic rings. The molecule has 2 unspecified atom stereocenters. The number of carbonyl (C=O) groups is 1. The van der Waals surface area contributed by atoms with Gasteiger partial charge in [-0.2, -0.15) is 0 Å². The van der Waals surface area contributed by atoms with Crippen molar-refractivity contribution in [2.75, 3.05) is 13.1 Å². The van der Waals surface area contributed by atoms with Crippen molar-refractivity contribution in [3.05, 3.63) is 69.1 Å². The molecule has 5 nitrogen and oxygen atoms in total. The fourth-order valence-corrected chi connectivity index (χ4v) is 3.30. The van der Waals surface area contributed by atoms with Gasteiger partial charge in [0, 0.05) is 42.5 Å². The van der Waals surface area contributed by atoms with Crippen LogP contribution in [-0.2, 0) is 6.54 Å². The van der Waals surface area contributed by atoms with Crippen molar-refractivity contribution in [1.29, 1.82) is 0 Å². The Morgan fingerprint density at radius 1 is 1.24 bits per heavy atom. The first-order valence-corrected chi connectivity index (χ1v) is 8.83. The van der Waals surface area contributed by atoms with Gasteiger partial charge in [0.1, 0.15) is 0 Å².